The SMILES string of the molecule is C/N=C\c1cncc(COc2cc(OCc3cccc(-c4cccc(COc5cc(OCc6cncc(C7=NC7)c6)c(CO)cc5Cl)c4C)c3C)c(Cl)cc2CN[C@@H](C(=O)O)[C@H](C)O)c1. The molecule has 336 valence electrons. The molecule has 6 aromatic rings. The predicted molar refractivity (Wildman–Crippen MR) is 251 cm³/mol. The molecule has 0 bridgehead atoms. The number of ether oxygens (including phenoxy) is 4. The van der Waals surface area contributed by atoms with E-state index in [9.17, 15) is 20.1 Å². The van der Waals surface area contributed by atoms with Crippen molar-refractivity contribution in [2.45, 2.75) is 72.5 Å². The molecule has 0 amide bonds. The maximum absolute atomic E-state index is 11.8. The highest BCUT2D eigenvalue weighted by Crippen LogP contribution is 2.37. The summed E-state index contributed by atoms with van der Waals surface area (Å²) in [5.41, 5.74) is 11.6. The van der Waals surface area contributed by atoms with Gasteiger partial charge in [0.15, 0.2) is 0 Å². The highest BCUT2D eigenvalue weighted by Gasteiger charge is 2.24. The molecule has 7 rings (SSSR count). The number of pyridine rings is 2. The maximum atomic E-state index is 11.8. The highest BCUT2D eigenvalue weighted by atomic mass is 35.5. The fourth-order valence-corrected chi connectivity index (χ4v) is 7.72. The zero-order valence-electron chi connectivity index (χ0n) is 36.3. The van der Waals surface area contributed by atoms with E-state index in [4.69, 9.17) is 42.1 Å². The largest absolute Gasteiger partial charge is 0.488 e. The van der Waals surface area contributed by atoms with Gasteiger partial charge in [-0.25, -0.2) is 0 Å². The van der Waals surface area contributed by atoms with E-state index in [1.54, 1.807) is 62.3 Å². The molecular weight excluding hydrogens is 869 g/mol. The average Bonchev–Trinajstić information content (AvgIpc) is 4.15. The highest BCUT2D eigenvalue weighted by molar-refractivity contribution is 6.32. The number of aliphatic hydroxyl groups excluding tert-OH is 2. The third-order valence-corrected chi connectivity index (χ3v) is 11.5. The van der Waals surface area contributed by atoms with Gasteiger partial charge < -0.3 is 34.3 Å². The number of rotatable bonds is 21. The average molecular weight is 919 g/mol. The molecule has 1 aliphatic heterocycles. The van der Waals surface area contributed by atoms with Crippen LogP contribution in [0.15, 0.2) is 108 Å². The molecule has 4 N–H and O–H groups in total. The van der Waals surface area contributed by atoms with Crippen LogP contribution in [0.4, 0.5) is 0 Å². The van der Waals surface area contributed by atoms with Gasteiger partial charge in [-0.1, -0.05) is 59.6 Å². The van der Waals surface area contributed by atoms with Gasteiger partial charge in [0, 0.05) is 90.1 Å². The molecule has 15 heteroatoms. The van der Waals surface area contributed by atoms with Crippen LogP contribution in [-0.2, 0) is 44.4 Å². The van der Waals surface area contributed by atoms with Crippen molar-refractivity contribution in [1.29, 1.82) is 0 Å². The van der Waals surface area contributed by atoms with Gasteiger partial charge in [-0.05, 0) is 78.4 Å². The topological polar surface area (TPSA) is 177 Å². The number of hydrogen-bond donors (Lipinski definition) is 4. The number of aliphatic imine (C=N–C) groups is 2. The minimum Gasteiger partial charge on any atom is -0.488 e. The molecule has 0 saturated carbocycles. The van der Waals surface area contributed by atoms with Crippen molar-refractivity contribution < 1.29 is 39.1 Å². The Bertz CT molecular complexity index is 2740. The molecule has 13 nitrogen and oxygen atoms in total. The smallest absolute Gasteiger partial charge is 0.323 e. The van der Waals surface area contributed by atoms with E-state index in [-0.39, 0.29) is 39.6 Å². The standard InChI is InChI=1S/C50H49Cl2N5O8/c1-29-35(27-64-47-15-45(62-25-33-11-32(17-53-4)18-54-19-33)38(13-42(47)51)22-57-49(31(3)59)50(60)61)7-5-9-40(29)41-10-6-8-36(30(41)2)28-65-48-16-46(39(24-58)14-43(48)52)63-26-34-12-37(21-55-20-34)44-23-56-44/h5-21,31,49,57-59H,22-28H2,1-4H3,(H,60,61)/b53-17-/t31-,49+/m0/s1. The van der Waals surface area contributed by atoms with Crippen molar-refractivity contribution in [3.8, 4) is 34.1 Å². The number of carbonyl (C=O) groups is 1. The molecule has 2 atom stereocenters. The second kappa shape index (κ2) is 21.6. The second-order valence-corrected chi connectivity index (χ2v) is 16.4. The van der Waals surface area contributed by atoms with E-state index >= 15 is 0 Å². The lowest BCUT2D eigenvalue weighted by Crippen LogP contribution is -2.44. The Labute approximate surface area is 387 Å². The van der Waals surface area contributed by atoms with E-state index in [1.807, 2.05) is 43.3 Å². The fourth-order valence-electron chi connectivity index (χ4n) is 7.24. The number of aromatic nitrogens is 2. The van der Waals surface area contributed by atoms with Crippen LogP contribution in [0.2, 0.25) is 10.0 Å². The van der Waals surface area contributed by atoms with Gasteiger partial charge in [0.1, 0.15) is 55.5 Å². The fraction of sp³-hybridized carbons (Fsp3) is 0.260. The number of nitrogens with zero attached hydrogens (tertiary/aromatic N) is 4. The van der Waals surface area contributed by atoms with Crippen molar-refractivity contribution in [3.63, 3.8) is 0 Å². The molecule has 0 fully saturated rings. The molecule has 2 aromatic heterocycles. The van der Waals surface area contributed by atoms with Crippen molar-refractivity contribution in [1.82, 2.24) is 15.3 Å². The normalized spacial score (nSPS) is 13.0. The summed E-state index contributed by atoms with van der Waals surface area (Å²) in [4.78, 5) is 28.7. The summed E-state index contributed by atoms with van der Waals surface area (Å²) >= 11 is 13.5. The summed E-state index contributed by atoms with van der Waals surface area (Å²) in [5.74, 6) is 0.483. The third-order valence-electron chi connectivity index (χ3n) is 10.9. The van der Waals surface area contributed by atoms with Crippen LogP contribution in [0.3, 0.4) is 0 Å². The molecule has 0 unspecified atom stereocenters. The molecule has 0 saturated heterocycles. The lowest BCUT2D eigenvalue weighted by Gasteiger charge is -2.20. The zero-order chi connectivity index (χ0) is 46.0. The van der Waals surface area contributed by atoms with Crippen LogP contribution in [-0.4, -0.2) is 68.9 Å². The molecule has 0 spiro atoms. The van der Waals surface area contributed by atoms with Crippen molar-refractivity contribution >= 4 is 41.1 Å². The quantitative estimate of drug-likeness (QED) is 0.0509. The summed E-state index contributed by atoms with van der Waals surface area (Å²) in [6.07, 6.45) is 7.46. The lowest BCUT2D eigenvalue weighted by molar-refractivity contribution is -0.142. The van der Waals surface area contributed by atoms with Crippen molar-refractivity contribution in [3.05, 3.63) is 163 Å². The second-order valence-electron chi connectivity index (χ2n) is 15.6. The van der Waals surface area contributed by atoms with Crippen molar-refractivity contribution in [2.75, 3.05) is 13.6 Å². The summed E-state index contributed by atoms with van der Waals surface area (Å²) in [6, 6.07) is 21.5. The van der Waals surface area contributed by atoms with Gasteiger partial charge >= 0.3 is 5.97 Å². The van der Waals surface area contributed by atoms with Crippen LogP contribution in [0.5, 0.6) is 23.0 Å². The monoisotopic (exact) mass is 917 g/mol. The van der Waals surface area contributed by atoms with Crippen LogP contribution >= 0.6 is 23.2 Å². The lowest BCUT2D eigenvalue weighted by atomic mass is 9.92. The zero-order valence-corrected chi connectivity index (χ0v) is 37.9. The first kappa shape index (κ1) is 46.6. The van der Waals surface area contributed by atoms with Crippen LogP contribution in [0.1, 0.15) is 62.6 Å². The van der Waals surface area contributed by atoms with Gasteiger partial charge in [0.25, 0.3) is 0 Å². The number of halogens is 2. The first-order valence-corrected chi connectivity index (χ1v) is 21.6. The van der Waals surface area contributed by atoms with Gasteiger partial charge in [-0.2, -0.15) is 0 Å². The van der Waals surface area contributed by atoms with Gasteiger partial charge in [0.2, 0.25) is 0 Å². The van der Waals surface area contributed by atoms with E-state index in [0.717, 1.165) is 67.9 Å². The molecule has 4 aromatic carbocycles. The molecule has 65 heavy (non-hydrogen) atoms. The van der Waals surface area contributed by atoms with Gasteiger partial charge in [-0.3, -0.25) is 30.1 Å². The number of hydrogen-bond acceptors (Lipinski definition) is 12. The molecule has 0 aliphatic carbocycles. The minimum atomic E-state index is -1.21. The molecular formula is C50H49Cl2N5O8. The van der Waals surface area contributed by atoms with Gasteiger partial charge in [0.05, 0.1) is 35.0 Å². The van der Waals surface area contributed by atoms with E-state index in [2.05, 4.69) is 44.3 Å². The van der Waals surface area contributed by atoms with Crippen molar-refractivity contribution in [2.24, 2.45) is 9.98 Å². The Morgan fingerprint density at radius 2 is 1.29 bits per heavy atom. The first-order chi connectivity index (χ1) is 31.4. The summed E-state index contributed by atoms with van der Waals surface area (Å²) in [6.45, 7) is 6.84. The number of aliphatic hydroxyl groups is 2. The van der Waals surface area contributed by atoms with E-state index in [1.165, 1.54) is 6.92 Å². The number of nitrogens with one attached hydrogen (secondary N) is 1. The Morgan fingerprint density at radius 3 is 1.83 bits per heavy atom. The number of benzene rings is 4. The Kier molecular flexibility index (Phi) is 15.5. The Hall–Kier alpha value is -6.35. The van der Waals surface area contributed by atoms with Crippen LogP contribution in [0.25, 0.3) is 11.1 Å². The number of aliphatic carboxylic acids is 1. The predicted octanol–water partition coefficient (Wildman–Crippen LogP) is 8.65. The summed E-state index contributed by atoms with van der Waals surface area (Å²) in [5, 5.41) is 33.4. The summed E-state index contributed by atoms with van der Waals surface area (Å²) < 4.78 is 25.1. The molecule has 0 radical (unpaired) electrons. The van der Waals surface area contributed by atoms with Crippen LogP contribution < -0.4 is 24.3 Å². The van der Waals surface area contributed by atoms with Gasteiger partial charge in [-0.15, -0.1) is 0 Å². The van der Waals surface area contributed by atoms with Crippen LogP contribution in [0, 0.1) is 13.8 Å². The first-order valence-electron chi connectivity index (χ1n) is 20.8. The Morgan fingerprint density at radius 1 is 0.754 bits per heavy atom. The number of carboxylic acids is 1. The third kappa shape index (κ3) is 11.9. The number of carboxylic acid groups (broad SMARTS) is 1. The summed E-state index contributed by atoms with van der Waals surface area (Å²) in [7, 11) is 1.68. The maximum Gasteiger partial charge on any atom is 0.323 e. The molecule has 3 heterocycles. The minimum absolute atomic E-state index is 0.0475. The molecule has 1 aliphatic rings. The Balaban J connectivity index is 1.06. The van der Waals surface area contributed by atoms with E-state index < -0.39 is 18.1 Å². The van der Waals surface area contributed by atoms with E-state index in [0.29, 0.717) is 44.2 Å².